The van der Waals surface area contributed by atoms with E-state index in [-0.39, 0.29) is 24.5 Å². The molecule has 0 saturated carbocycles. The van der Waals surface area contributed by atoms with Crippen LogP contribution < -0.4 is 10.1 Å². The number of ether oxygens (including phenoxy) is 2. The molecule has 1 amide bonds. The third kappa shape index (κ3) is 5.19. The van der Waals surface area contributed by atoms with Crippen LogP contribution in [0.25, 0.3) is 0 Å². The zero-order valence-electron chi connectivity index (χ0n) is 17.2. The Labute approximate surface area is 176 Å². The minimum atomic E-state index is -0.0627. The first-order chi connectivity index (χ1) is 14.7. The summed E-state index contributed by atoms with van der Waals surface area (Å²) >= 11 is 0. The molecule has 4 rings (SSSR count). The Kier molecular flexibility index (Phi) is 6.99. The fourth-order valence-electron chi connectivity index (χ4n) is 4.15. The lowest BCUT2D eigenvalue weighted by atomic mass is 10.0. The van der Waals surface area contributed by atoms with Crippen molar-refractivity contribution in [3.63, 3.8) is 0 Å². The summed E-state index contributed by atoms with van der Waals surface area (Å²) in [4.78, 5) is 14.9. The molecule has 2 aromatic rings. The zero-order chi connectivity index (χ0) is 20.8. The molecule has 1 aromatic heterocycles. The third-order valence-electron chi connectivity index (χ3n) is 5.79. The van der Waals surface area contributed by atoms with Gasteiger partial charge in [-0.2, -0.15) is 5.10 Å². The molecule has 2 N–H and O–H groups in total. The van der Waals surface area contributed by atoms with Gasteiger partial charge in [-0.05, 0) is 37.0 Å². The second kappa shape index (κ2) is 10.1. The Bertz CT molecular complexity index is 826. The van der Waals surface area contributed by atoms with Crippen molar-refractivity contribution in [1.29, 1.82) is 0 Å². The zero-order valence-corrected chi connectivity index (χ0v) is 17.2. The molecule has 0 radical (unpaired) electrons. The number of hydrogen-bond donors (Lipinski definition) is 2. The fraction of sp³-hybridized carbons (Fsp3) is 0.545. The number of aromatic nitrogens is 2. The van der Waals surface area contributed by atoms with Gasteiger partial charge in [-0.3, -0.25) is 9.69 Å². The maximum Gasteiger partial charge on any atom is 0.231 e. The molecular weight excluding hydrogens is 384 g/mol. The van der Waals surface area contributed by atoms with Crippen LogP contribution in [0.2, 0.25) is 0 Å². The monoisotopic (exact) mass is 414 g/mol. The molecule has 2 fully saturated rings. The number of amides is 1. The second-order valence-electron chi connectivity index (χ2n) is 7.94. The number of benzene rings is 1. The molecule has 1 atom stereocenters. The van der Waals surface area contributed by atoms with Crippen LogP contribution in [-0.2, 0) is 16.1 Å². The van der Waals surface area contributed by atoms with Crippen molar-refractivity contribution < 1.29 is 19.4 Å². The van der Waals surface area contributed by atoms with Gasteiger partial charge in [-0.25, -0.2) is 4.68 Å². The predicted molar refractivity (Wildman–Crippen MR) is 112 cm³/mol. The summed E-state index contributed by atoms with van der Waals surface area (Å²) in [7, 11) is 0. The largest absolute Gasteiger partial charge is 0.491 e. The Morgan fingerprint density at radius 2 is 2.13 bits per heavy atom. The van der Waals surface area contributed by atoms with E-state index in [1.807, 2.05) is 28.9 Å². The highest BCUT2D eigenvalue weighted by Crippen LogP contribution is 2.27. The molecule has 0 unspecified atom stereocenters. The van der Waals surface area contributed by atoms with E-state index >= 15 is 0 Å². The molecule has 162 valence electrons. The topological polar surface area (TPSA) is 88.9 Å². The fourth-order valence-corrected chi connectivity index (χ4v) is 4.15. The number of nitrogens with zero attached hydrogens (tertiary/aromatic N) is 3. The Morgan fingerprint density at radius 3 is 2.90 bits per heavy atom. The molecule has 2 aliphatic rings. The van der Waals surface area contributed by atoms with Crippen LogP contribution in [0.4, 0.5) is 5.82 Å². The summed E-state index contributed by atoms with van der Waals surface area (Å²) in [6.45, 7) is 4.30. The van der Waals surface area contributed by atoms with Crippen LogP contribution >= 0.6 is 0 Å². The van der Waals surface area contributed by atoms with Gasteiger partial charge in [0.25, 0.3) is 0 Å². The van der Waals surface area contributed by atoms with E-state index in [2.05, 4.69) is 21.4 Å². The lowest BCUT2D eigenvalue weighted by Crippen LogP contribution is -2.35. The average Bonchev–Trinajstić information content (AvgIpc) is 3.45. The maximum atomic E-state index is 12.4. The highest BCUT2D eigenvalue weighted by atomic mass is 16.5. The van der Waals surface area contributed by atoms with Crippen LogP contribution in [0.1, 0.15) is 30.9 Å². The molecule has 2 aliphatic heterocycles. The summed E-state index contributed by atoms with van der Waals surface area (Å²) < 4.78 is 12.8. The molecule has 0 aliphatic carbocycles. The van der Waals surface area contributed by atoms with Gasteiger partial charge in [0.1, 0.15) is 18.2 Å². The summed E-state index contributed by atoms with van der Waals surface area (Å²) in [5.74, 6) is 1.53. The number of piperidine rings is 1. The van der Waals surface area contributed by atoms with Crippen LogP contribution in [-0.4, -0.2) is 65.2 Å². The van der Waals surface area contributed by atoms with Gasteiger partial charge in [0.05, 0.1) is 31.4 Å². The van der Waals surface area contributed by atoms with Crippen molar-refractivity contribution in [1.82, 2.24) is 14.7 Å². The number of carbonyl (C=O) groups excluding carboxylic acids is 1. The molecule has 1 aromatic carbocycles. The average molecular weight is 415 g/mol. The Balaban J connectivity index is 1.30. The molecule has 0 spiro atoms. The summed E-state index contributed by atoms with van der Waals surface area (Å²) in [5.41, 5.74) is 1.20. The van der Waals surface area contributed by atoms with Crippen molar-refractivity contribution >= 4 is 11.7 Å². The van der Waals surface area contributed by atoms with Crippen molar-refractivity contribution in [2.75, 3.05) is 44.8 Å². The highest BCUT2D eigenvalue weighted by molar-refractivity contribution is 5.92. The lowest BCUT2D eigenvalue weighted by Gasteiger charge is -2.32. The van der Waals surface area contributed by atoms with E-state index < -0.39 is 0 Å². The highest BCUT2D eigenvalue weighted by Gasteiger charge is 2.27. The molecular formula is C22H30N4O4. The maximum absolute atomic E-state index is 12.4. The van der Waals surface area contributed by atoms with E-state index in [9.17, 15) is 4.79 Å². The first-order valence-electron chi connectivity index (χ1n) is 10.7. The van der Waals surface area contributed by atoms with E-state index in [0.717, 1.165) is 50.5 Å². The smallest absolute Gasteiger partial charge is 0.231 e. The second-order valence-corrected chi connectivity index (χ2v) is 7.94. The molecule has 2 saturated heterocycles. The van der Waals surface area contributed by atoms with Crippen molar-refractivity contribution in [3.05, 3.63) is 42.1 Å². The first-order valence-corrected chi connectivity index (χ1v) is 10.7. The number of carbonyl (C=O) groups is 1. The summed E-state index contributed by atoms with van der Waals surface area (Å²) in [6, 6.07) is 10.2. The minimum Gasteiger partial charge on any atom is -0.491 e. The predicted octanol–water partition coefficient (Wildman–Crippen LogP) is 2.07. The number of aliphatic hydroxyl groups excluding tert-OH is 1. The summed E-state index contributed by atoms with van der Waals surface area (Å²) in [5, 5.41) is 16.4. The first kappa shape index (κ1) is 20.8. The standard InChI is InChI=1S/C22H30N4O4/c27-11-13-30-20-3-1-2-17(14-20)15-25-9-5-19(6-10-25)26-21(4-8-23-26)24-22(28)18-7-12-29-16-18/h1-4,8,14,18-19,27H,5-7,9-13,15-16H2,(H,24,28)/t18-/m0/s1. The normalized spacial score (nSPS) is 20.4. The molecule has 30 heavy (non-hydrogen) atoms. The van der Waals surface area contributed by atoms with Crippen molar-refractivity contribution in [2.24, 2.45) is 5.92 Å². The van der Waals surface area contributed by atoms with Gasteiger partial charge in [0, 0.05) is 32.3 Å². The lowest BCUT2D eigenvalue weighted by molar-refractivity contribution is -0.119. The molecule has 0 bridgehead atoms. The van der Waals surface area contributed by atoms with E-state index in [1.54, 1.807) is 6.20 Å². The Hall–Kier alpha value is -2.42. The van der Waals surface area contributed by atoms with Gasteiger partial charge in [0.2, 0.25) is 5.91 Å². The molecule has 8 heteroatoms. The van der Waals surface area contributed by atoms with Crippen molar-refractivity contribution in [3.8, 4) is 5.75 Å². The van der Waals surface area contributed by atoms with E-state index in [1.165, 1.54) is 5.56 Å². The van der Waals surface area contributed by atoms with Crippen LogP contribution in [0, 0.1) is 5.92 Å². The molecule has 3 heterocycles. The Morgan fingerprint density at radius 1 is 1.27 bits per heavy atom. The van der Waals surface area contributed by atoms with Gasteiger partial charge in [-0.15, -0.1) is 0 Å². The van der Waals surface area contributed by atoms with Crippen LogP contribution in [0.3, 0.4) is 0 Å². The number of anilines is 1. The number of aliphatic hydroxyl groups is 1. The number of nitrogens with one attached hydrogen (secondary N) is 1. The minimum absolute atomic E-state index is 0.0159. The summed E-state index contributed by atoms with van der Waals surface area (Å²) in [6.07, 6.45) is 4.51. The van der Waals surface area contributed by atoms with Crippen LogP contribution in [0.5, 0.6) is 5.75 Å². The van der Waals surface area contributed by atoms with E-state index in [0.29, 0.717) is 19.8 Å². The van der Waals surface area contributed by atoms with Crippen molar-refractivity contribution in [2.45, 2.75) is 31.8 Å². The van der Waals surface area contributed by atoms with Gasteiger partial charge in [0.15, 0.2) is 0 Å². The number of likely N-dealkylation sites (tertiary alicyclic amines) is 1. The number of rotatable bonds is 8. The number of hydrogen-bond acceptors (Lipinski definition) is 6. The third-order valence-corrected chi connectivity index (χ3v) is 5.79. The van der Waals surface area contributed by atoms with Gasteiger partial charge >= 0.3 is 0 Å². The quantitative estimate of drug-likeness (QED) is 0.688. The van der Waals surface area contributed by atoms with Gasteiger partial charge in [-0.1, -0.05) is 12.1 Å². The van der Waals surface area contributed by atoms with E-state index in [4.69, 9.17) is 14.6 Å². The SMILES string of the molecule is O=C(Nc1ccnn1C1CCN(Cc2cccc(OCCO)c2)CC1)[C@H]1CCOC1. The van der Waals surface area contributed by atoms with Gasteiger partial charge < -0.3 is 19.9 Å². The van der Waals surface area contributed by atoms with Crippen LogP contribution in [0.15, 0.2) is 36.5 Å². The molecule has 8 nitrogen and oxygen atoms in total.